The summed E-state index contributed by atoms with van der Waals surface area (Å²) >= 11 is 1.33. The molecule has 3 rings (SSSR count). The average Bonchev–Trinajstić information content (AvgIpc) is 3.21. The zero-order valence-corrected chi connectivity index (χ0v) is 18.0. The highest BCUT2D eigenvalue weighted by molar-refractivity contribution is 7.14. The van der Waals surface area contributed by atoms with Crippen molar-refractivity contribution in [3.8, 4) is 23.1 Å². The van der Waals surface area contributed by atoms with Crippen molar-refractivity contribution in [2.75, 3.05) is 11.9 Å². The molecule has 0 aliphatic carbocycles. The Hall–Kier alpha value is -3.43. The van der Waals surface area contributed by atoms with Gasteiger partial charge in [-0.05, 0) is 61.2 Å². The Bertz CT molecular complexity index is 1110. The van der Waals surface area contributed by atoms with Gasteiger partial charge in [0.25, 0.3) is 5.91 Å². The summed E-state index contributed by atoms with van der Waals surface area (Å²) in [6, 6.07) is 15.4. The Morgan fingerprint density at radius 3 is 2.63 bits per heavy atom. The van der Waals surface area contributed by atoms with Crippen molar-refractivity contribution < 1.29 is 9.53 Å². The molecule has 152 valence electrons. The zero-order chi connectivity index (χ0) is 21.5. The first kappa shape index (κ1) is 21.3. The molecule has 30 heavy (non-hydrogen) atoms. The fraction of sp³-hybridized carbons (Fsp3) is 0.208. The van der Waals surface area contributed by atoms with E-state index in [0.29, 0.717) is 11.7 Å². The van der Waals surface area contributed by atoms with Crippen LogP contribution in [0.15, 0.2) is 53.4 Å². The molecule has 0 spiro atoms. The predicted molar refractivity (Wildman–Crippen MR) is 121 cm³/mol. The second kappa shape index (κ2) is 9.86. The highest BCUT2D eigenvalue weighted by Crippen LogP contribution is 2.27. The van der Waals surface area contributed by atoms with Crippen LogP contribution in [0, 0.1) is 25.2 Å². The van der Waals surface area contributed by atoms with Crippen LogP contribution in [-0.4, -0.2) is 17.5 Å². The largest absolute Gasteiger partial charge is 0.494 e. The highest BCUT2D eigenvalue weighted by Gasteiger charge is 2.13. The van der Waals surface area contributed by atoms with E-state index in [-0.39, 0.29) is 5.57 Å². The number of carbonyl (C=O) groups is 1. The lowest BCUT2D eigenvalue weighted by atomic mass is 10.1. The SMILES string of the molecule is CCCOc1ccc(/C=C(\C#N)C(=O)Nc2nc(-c3ccc(C)c(C)c3)cs2)cc1. The van der Waals surface area contributed by atoms with E-state index in [4.69, 9.17) is 4.74 Å². The minimum atomic E-state index is -0.482. The Kier molecular flexibility index (Phi) is 6.99. The highest BCUT2D eigenvalue weighted by atomic mass is 32.1. The molecule has 1 heterocycles. The first-order chi connectivity index (χ1) is 14.5. The summed E-state index contributed by atoms with van der Waals surface area (Å²) in [5, 5.41) is 14.5. The fourth-order valence-electron chi connectivity index (χ4n) is 2.72. The van der Waals surface area contributed by atoms with Crippen molar-refractivity contribution in [3.05, 3.63) is 70.1 Å². The van der Waals surface area contributed by atoms with E-state index in [1.807, 2.05) is 48.7 Å². The molecule has 0 unspecified atom stereocenters. The maximum atomic E-state index is 12.5. The van der Waals surface area contributed by atoms with E-state index >= 15 is 0 Å². The van der Waals surface area contributed by atoms with Gasteiger partial charge in [-0.2, -0.15) is 5.26 Å². The number of thiazole rings is 1. The van der Waals surface area contributed by atoms with Crippen LogP contribution >= 0.6 is 11.3 Å². The van der Waals surface area contributed by atoms with E-state index in [0.717, 1.165) is 29.0 Å². The van der Waals surface area contributed by atoms with E-state index in [1.54, 1.807) is 6.08 Å². The molecule has 0 aliphatic rings. The minimum absolute atomic E-state index is 0.0140. The molecule has 6 heteroatoms. The number of aromatic nitrogens is 1. The summed E-state index contributed by atoms with van der Waals surface area (Å²) in [6.45, 7) is 6.81. The van der Waals surface area contributed by atoms with Crippen LogP contribution in [-0.2, 0) is 4.79 Å². The number of hydrogen-bond donors (Lipinski definition) is 1. The summed E-state index contributed by atoms with van der Waals surface area (Å²) < 4.78 is 5.55. The van der Waals surface area contributed by atoms with Crippen LogP contribution < -0.4 is 10.1 Å². The molecule has 0 atom stereocenters. The van der Waals surface area contributed by atoms with Crippen molar-refractivity contribution in [1.29, 1.82) is 5.26 Å². The van der Waals surface area contributed by atoms with Crippen LogP contribution in [0.2, 0.25) is 0 Å². The number of aryl methyl sites for hydroxylation is 2. The lowest BCUT2D eigenvalue weighted by molar-refractivity contribution is -0.112. The van der Waals surface area contributed by atoms with E-state index < -0.39 is 5.91 Å². The summed E-state index contributed by atoms with van der Waals surface area (Å²) in [5.74, 6) is 0.281. The first-order valence-corrected chi connectivity index (χ1v) is 10.6. The zero-order valence-electron chi connectivity index (χ0n) is 17.2. The molecule has 0 fully saturated rings. The predicted octanol–water partition coefficient (Wildman–Crippen LogP) is 5.76. The standard InChI is InChI=1S/C24H23N3O2S/c1-4-11-29-21-9-6-18(7-10-21)13-20(14-25)23(28)27-24-26-22(15-30-24)19-8-5-16(2)17(3)12-19/h5-10,12-13,15H,4,11H2,1-3H3,(H,26,27,28)/b20-13+. The monoisotopic (exact) mass is 417 g/mol. The van der Waals surface area contributed by atoms with Crippen molar-refractivity contribution in [2.45, 2.75) is 27.2 Å². The third kappa shape index (κ3) is 5.34. The second-order valence-corrected chi connectivity index (χ2v) is 7.74. The number of anilines is 1. The van der Waals surface area contributed by atoms with Gasteiger partial charge in [-0.15, -0.1) is 11.3 Å². The van der Waals surface area contributed by atoms with E-state index in [1.165, 1.54) is 22.5 Å². The van der Waals surface area contributed by atoms with Crippen LogP contribution in [0.25, 0.3) is 17.3 Å². The van der Waals surface area contributed by atoms with Gasteiger partial charge in [0.05, 0.1) is 12.3 Å². The number of nitrogens with zero attached hydrogens (tertiary/aromatic N) is 2. The minimum Gasteiger partial charge on any atom is -0.494 e. The molecule has 1 N–H and O–H groups in total. The number of nitriles is 1. The van der Waals surface area contributed by atoms with Crippen molar-refractivity contribution in [3.63, 3.8) is 0 Å². The lowest BCUT2D eigenvalue weighted by Crippen LogP contribution is -2.13. The molecule has 1 aromatic heterocycles. The molecule has 2 aromatic carbocycles. The topological polar surface area (TPSA) is 75.0 Å². The molecule has 5 nitrogen and oxygen atoms in total. The van der Waals surface area contributed by atoms with Crippen molar-refractivity contribution in [2.24, 2.45) is 0 Å². The van der Waals surface area contributed by atoms with Crippen LogP contribution in [0.5, 0.6) is 5.75 Å². The third-order valence-electron chi connectivity index (χ3n) is 4.56. The summed E-state index contributed by atoms with van der Waals surface area (Å²) in [5.41, 5.74) is 4.96. The average molecular weight is 418 g/mol. The van der Waals surface area contributed by atoms with Gasteiger partial charge >= 0.3 is 0 Å². The fourth-order valence-corrected chi connectivity index (χ4v) is 3.44. The number of ether oxygens (including phenoxy) is 1. The van der Waals surface area contributed by atoms with E-state index in [9.17, 15) is 10.1 Å². The van der Waals surface area contributed by atoms with Crippen molar-refractivity contribution in [1.82, 2.24) is 4.98 Å². The van der Waals surface area contributed by atoms with Gasteiger partial charge in [0.1, 0.15) is 17.4 Å². The van der Waals surface area contributed by atoms with Crippen molar-refractivity contribution >= 4 is 28.5 Å². The van der Waals surface area contributed by atoms with Crippen LogP contribution in [0.4, 0.5) is 5.13 Å². The number of rotatable bonds is 7. The molecular weight excluding hydrogens is 394 g/mol. The molecule has 0 saturated heterocycles. The second-order valence-electron chi connectivity index (χ2n) is 6.88. The Morgan fingerprint density at radius 1 is 1.20 bits per heavy atom. The normalized spacial score (nSPS) is 11.1. The number of amides is 1. The van der Waals surface area contributed by atoms with Gasteiger partial charge in [-0.3, -0.25) is 10.1 Å². The molecule has 0 aliphatic heterocycles. The Morgan fingerprint density at radius 2 is 1.97 bits per heavy atom. The molecule has 0 radical (unpaired) electrons. The van der Waals surface area contributed by atoms with Gasteiger partial charge in [-0.1, -0.05) is 31.2 Å². The number of hydrogen-bond acceptors (Lipinski definition) is 5. The summed E-state index contributed by atoms with van der Waals surface area (Å²) in [4.78, 5) is 17.0. The molecule has 3 aromatic rings. The first-order valence-electron chi connectivity index (χ1n) is 9.69. The van der Waals surface area contributed by atoms with Gasteiger partial charge in [0.2, 0.25) is 0 Å². The smallest absolute Gasteiger partial charge is 0.268 e. The maximum Gasteiger partial charge on any atom is 0.268 e. The maximum absolute atomic E-state index is 12.5. The van der Waals surface area contributed by atoms with Crippen LogP contribution in [0.1, 0.15) is 30.0 Å². The summed E-state index contributed by atoms with van der Waals surface area (Å²) in [6.07, 6.45) is 2.49. The van der Waals surface area contributed by atoms with Gasteiger partial charge in [0, 0.05) is 10.9 Å². The Balaban J connectivity index is 1.71. The molecule has 0 bridgehead atoms. The quantitative estimate of drug-likeness (QED) is 0.392. The van der Waals surface area contributed by atoms with Gasteiger partial charge < -0.3 is 4.74 Å². The number of carbonyl (C=O) groups excluding carboxylic acids is 1. The van der Waals surface area contributed by atoms with Gasteiger partial charge in [0.15, 0.2) is 5.13 Å². The molecule has 0 saturated carbocycles. The van der Waals surface area contributed by atoms with Crippen LogP contribution in [0.3, 0.4) is 0 Å². The van der Waals surface area contributed by atoms with Gasteiger partial charge in [-0.25, -0.2) is 4.98 Å². The number of nitrogens with one attached hydrogen (secondary N) is 1. The lowest BCUT2D eigenvalue weighted by Gasteiger charge is -2.05. The molecular formula is C24H23N3O2S. The third-order valence-corrected chi connectivity index (χ3v) is 5.31. The van der Waals surface area contributed by atoms with E-state index in [2.05, 4.69) is 36.3 Å². The summed E-state index contributed by atoms with van der Waals surface area (Å²) in [7, 11) is 0. The molecule has 1 amide bonds. The Labute approximate surface area is 180 Å². The number of benzene rings is 2.